The molecule has 0 radical (unpaired) electrons. The minimum absolute atomic E-state index is 0.274. The van der Waals surface area contributed by atoms with E-state index in [4.69, 9.17) is 16.7 Å². The third kappa shape index (κ3) is 3.68. The van der Waals surface area contributed by atoms with Gasteiger partial charge in [0.05, 0.1) is 4.34 Å². The average Bonchev–Trinajstić information content (AvgIpc) is 3.07. The van der Waals surface area contributed by atoms with E-state index in [1.54, 1.807) is 11.3 Å². The first-order valence-corrected chi connectivity index (χ1v) is 7.56. The van der Waals surface area contributed by atoms with Crippen molar-refractivity contribution in [1.29, 1.82) is 0 Å². The van der Waals surface area contributed by atoms with Crippen molar-refractivity contribution in [3.8, 4) is 0 Å². The van der Waals surface area contributed by atoms with E-state index in [1.807, 2.05) is 6.07 Å². The molecule has 1 aliphatic rings. The highest BCUT2D eigenvalue weighted by Gasteiger charge is 2.32. The molecule has 2 unspecified atom stereocenters. The second-order valence-electron chi connectivity index (χ2n) is 4.73. The van der Waals surface area contributed by atoms with Gasteiger partial charge in [0.15, 0.2) is 0 Å². The molecule has 0 amide bonds. The summed E-state index contributed by atoms with van der Waals surface area (Å²) in [4.78, 5) is 1.31. The molecule has 2 N–H and O–H groups in total. The van der Waals surface area contributed by atoms with Gasteiger partial charge in [0, 0.05) is 23.6 Å². The Hall–Kier alpha value is -0.0900. The van der Waals surface area contributed by atoms with Gasteiger partial charge in [0.1, 0.15) is 0 Å². The lowest BCUT2D eigenvalue weighted by atomic mass is 10.1. The molecule has 0 bridgehead atoms. The molecule has 2 atom stereocenters. The van der Waals surface area contributed by atoms with E-state index in [0.717, 1.165) is 23.1 Å². The molecule has 1 heterocycles. The van der Waals surface area contributed by atoms with Gasteiger partial charge in [0.2, 0.25) is 0 Å². The van der Waals surface area contributed by atoms with Crippen LogP contribution in [-0.2, 0) is 0 Å². The van der Waals surface area contributed by atoms with E-state index in [-0.39, 0.29) is 6.61 Å². The van der Waals surface area contributed by atoms with Gasteiger partial charge in [-0.2, -0.15) is 0 Å². The molecule has 96 valence electrons. The van der Waals surface area contributed by atoms with Gasteiger partial charge in [-0.05, 0) is 43.7 Å². The van der Waals surface area contributed by atoms with E-state index < -0.39 is 0 Å². The Morgan fingerprint density at radius 1 is 1.53 bits per heavy atom. The summed E-state index contributed by atoms with van der Waals surface area (Å²) in [6, 6.07) is 4.91. The number of aliphatic hydroxyl groups is 1. The summed E-state index contributed by atoms with van der Waals surface area (Å²) in [5, 5.41) is 12.8. The molecular formula is C13H20ClNOS. The maximum atomic E-state index is 9.12. The third-order valence-corrected chi connectivity index (χ3v) is 4.74. The molecule has 0 aromatic carbocycles. The van der Waals surface area contributed by atoms with E-state index in [0.29, 0.717) is 12.1 Å². The van der Waals surface area contributed by atoms with Crippen LogP contribution in [0.4, 0.5) is 0 Å². The van der Waals surface area contributed by atoms with E-state index in [1.165, 1.54) is 17.7 Å². The maximum absolute atomic E-state index is 9.12. The summed E-state index contributed by atoms with van der Waals surface area (Å²) in [6.07, 6.45) is 4.53. The predicted molar refractivity (Wildman–Crippen MR) is 73.7 cm³/mol. The number of nitrogens with one attached hydrogen (secondary N) is 1. The van der Waals surface area contributed by atoms with Crippen LogP contribution in [0.2, 0.25) is 4.34 Å². The first kappa shape index (κ1) is 13.3. The fraction of sp³-hybridized carbons (Fsp3) is 0.692. The Morgan fingerprint density at radius 3 is 2.76 bits per heavy atom. The zero-order valence-corrected chi connectivity index (χ0v) is 11.7. The molecular weight excluding hydrogens is 254 g/mol. The number of halogens is 1. The number of aliphatic hydroxyl groups excluding tert-OH is 1. The van der Waals surface area contributed by atoms with E-state index >= 15 is 0 Å². The molecule has 1 aliphatic carbocycles. The van der Waals surface area contributed by atoms with Crippen LogP contribution >= 0.6 is 22.9 Å². The van der Waals surface area contributed by atoms with Crippen molar-refractivity contribution in [1.82, 2.24) is 5.32 Å². The van der Waals surface area contributed by atoms with Crippen LogP contribution in [0.3, 0.4) is 0 Å². The van der Waals surface area contributed by atoms with Crippen molar-refractivity contribution < 1.29 is 5.11 Å². The highest BCUT2D eigenvalue weighted by Crippen LogP contribution is 2.36. The third-order valence-electron chi connectivity index (χ3n) is 3.39. The topological polar surface area (TPSA) is 32.3 Å². The molecule has 0 saturated heterocycles. The summed E-state index contributed by atoms with van der Waals surface area (Å²) in [5.74, 6) is 0.770. The van der Waals surface area contributed by atoms with Gasteiger partial charge >= 0.3 is 0 Å². The number of rotatable bonds is 7. The molecule has 0 spiro atoms. The second-order valence-corrected chi connectivity index (χ2v) is 6.47. The summed E-state index contributed by atoms with van der Waals surface area (Å²) in [6.45, 7) is 2.46. The molecule has 4 heteroatoms. The Bertz CT molecular complexity index is 351. The van der Waals surface area contributed by atoms with Crippen molar-refractivity contribution >= 4 is 22.9 Å². The largest absolute Gasteiger partial charge is 0.396 e. The molecule has 17 heavy (non-hydrogen) atoms. The zero-order valence-electron chi connectivity index (χ0n) is 10.2. The number of hydrogen-bond donors (Lipinski definition) is 2. The smallest absolute Gasteiger partial charge is 0.0931 e. The minimum atomic E-state index is 0.274. The minimum Gasteiger partial charge on any atom is -0.396 e. The first-order chi connectivity index (χ1) is 8.24. The molecule has 1 aromatic heterocycles. The Kier molecular flexibility index (Phi) is 4.86. The Labute approximate surface area is 112 Å². The van der Waals surface area contributed by atoms with Gasteiger partial charge in [-0.25, -0.2) is 0 Å². The zero-order chi connectivity index (χ0) is 12.3. The number of thiophene rings is 1. The summed E-state index contributed by atoms with van der Waals surface area (Å²) >= 11 is 7.64. The van der Waals surface area contributed by atoms with Crippen LogP contribution < -0.4 is 5.32 Å². The van der Waals surface area contributed by atoms with Crippen molar-refractivity contribution in [2.45, 2.75) is 44.7 Å². The molecule has 1 fully saturated rings. The fourth-order valence-electron chi connectivity index (χ4n) is 2.27. The summed E-state index contributed by atoms with van der Waals surface area (Å²) < 4.78 is 0.852. The summed E-state index contributed by atoms with van der Waals surface area (Å²) in [7, 11) is 0. The van der Waals surface area contributed by atoms with Crippen LogP contribution in [0.1, 0.15) is 43.5 Å². The maximum Gasteiger partial charge on any atom is 0.0931 e. The van der Waals surface area contributed by atoms with Crippen molar-refractivity contribution in [3.63, 3.8) is 0 Å². The Morgan fingerprint density at radius 2 is 2.29 bits per heavy atom. The van der Waals surface area contributed by atoms with E-state index in [9.17, 15) is 0 Å². The Balaban J connectivity index is 1.97. The van der Waals surface area contributed by atoms with Gasteiger partial charge in [0.25, 0.3) is 0 Å². The normalized spacial score (nSPS) is 19.2. The molecule has 2 nitrogen and oxygen atoms in total. The average molecular weight is 274 g/mol. The van der Waals surface area contributed by atoms with Crippen LogP contribution in [-0.4, -0.2) is 17.8 Å². The molecule has 1 aromatic rings. The van der Waals surface area contributed by atoms with Gasteiger partial charge in [-0.3, -0.25) is 0 Å². The molecule has 2 rings (SSSR count). The SMILES string of the molecule is CCC(NC(CCO)C1CC1)c1ccc(Cl)s1. The monoisotopic (exact) mass is 273 g/mol. The van der Waals surface area contributed by atoms with Crippen molar-refractivity contribution in [3.05, 3.63) is 21.3 Å². The van der Waals surface area contributed by atoms with E-state index in [2.05, 4.69) is 18.3 Å². The quantitative estimate of drug-likeness (QED) is 0.796. The first-order valence-electron chi connectivity index (χ1n) is 6.36. The highest BCUT2D eigenvalue weighted by molar-refractivity contribution is 7.16. The lowest BCUT2D eigenvalue weighted by Crippen LogP contribution is -2.34. The molecule has 0 aliphatic heterocycles. The van der Waals surface area contributed by atoms with Gasteiger partial charge in [-0.1, -0.05) is 18.5 Å². The standard InChI is InChI=1S/C13H20ClNOS/c1-2-10(12-5-6-13(14)17-12)15-11(7-8-16)9-3-4-9/h5-6,9-11,15-16H,2-4,7-8H2,1H3. The number of hydrogen-bond acceptors (Lipinski definition) is 3. The fourth-order valence-corrected chi connectivity index (χ4v) is 3.47. The van der Waals surface area contributed by atoms with Crippen LogP contribution in [0.25, 0.3) is 0 Å². The molecule has 1 saturated carbocycles. The lowest BCUT2D eigenvalue weighted by molar-refractivity contribution is 0.247. The van der Waals surface area contributed by atoms with Gasteiger partial charge in [-0.15, -0.1) is 11.3 Å². The summed E-state index contributed by atoms with van der Waals surface area (Å²) in [5.41, 5.74) is 0. The van der Waals surface area contributed by atoms with Crippen LogP contribution in [0, 0.1) is 5.92 Å². The van der Waals surface area contributed by atoms with Crippen molar-refractivity contribution in [2.24, 2.45) is 5.92 Å². The lowest BCUT2D eigenvalue weighted by Gasteiger charge is -2.24. The second kappa shape index (κ2) is 6.19. The van der Waals surface area contributed by atoms with Crippen molar-refractivity contribution in [2.75, 3.05) is 6.61 Å². The highest BCUT2D eigenvalue weighted by atomic mass is 35.5. The van der Waals surface area contributed by atoms with Crippen LogP contribution in [0.15, 0.2) is 12.1 Å². The van der Waals surface area contributed by atoms with Gasteiger partial charge < -0.3 is 10.4 Å². The van der Waals surface area contributed by atoms with Crippen LogP contribution in [0.5, 0.6) is 0 Å². The predicted octanol–water partition coefficient (Wildman–Crippen LogP) is 3.60.